The van der Waals surface area contributed by atoms with Crippen LogP contribution >= 0.6 is 0 Å². The van der Waals surface area contributed by atoms with Crippen LogP contribution in [0.2, 0.25) is 0 Å². The molecule has 0 unspecified atom stereocenters. The molecule has 0 fully saturated rings. The van der Waals surface area contributed by atoms with Gasteiger partial charge in [-0.1, -0.05) is 88.1 Å². The fourth-order valence-electron chi connectivity index (χ4n) is 4.84. The van der Waals surface area contributed by atoms with Gasteiger partial charge < -0.3 is 5.11 Å². The first-order valence-corrected chi connectivity index (χ1v) is 16.9. The van der Waals surface area contributed by atoms with E-state index >= 15 is 0 Å². The van der Waals surface area contributed by atoms with E-state index in [1.807, 2.05) is 12.1 Å². The van der Waals surface area contributed by atoms with Crippen molar-refractivity contribution in [2.45, 2.75) is 111 Å². The molecule has 0 amide bonds. The normalized spacial score (nSPS) is 14.8. The van der Waals surface area contributed by atoms with Gasteiger partial charge in [0.15, 0.2) is 9.84 Å². The highest BCUT2D eigenvalue weighted by atomic mass is 32.2. The molecule has 3 nitrogen and oxygen atoms in total. The Morgan fingerprint density at radius 2 is 1.12 bits per heavy atom. The number of aliphatic hydroxyl groups excluding tert-OH is 1. The molecule has 4 heteroatoms. The average molecular weight is 581 g/mol. The van der Waals surface area contributed by atoms with E-state index in [1.165, 1.54) is 33.4 Å². The zero-order valence-corrected chi connectivity index (χ0v) is 27.7. The van der Waals surface area contributed by atoms with Gasteiger partial charge in [0.2, 0.25) is 0 Å². The quantitative estimate of drug-likeness (QED) is 0.166. The number of hydrogen-bond acceptors (Lipinski definition) is 3. The number of benzene rings is 1. The van der Waals surface area contributed by atoms with Crippen LogP contribution in [0, 0.1) is 5.92 Å². The summed E-state index contributed by atoms with van der Waals surface area (Å²) in [5.41, 5.74) is 7.86. The summed E-state index contributed by atoms with van der Waals surface area (Å²) in [5.74, 6) is 0.0636. The van der Waals surface area contributed by atoms with Gasteiger partial charge in [-0.25, -0.2) is 8.42 Å². The monoisotopic (exact) mass is 580 g/mol. The van der Waals surface area contributed by atoms with Gasteiger partial charge in [-0.2, -0.15) is 0 Å². The number of sulfone groups is 1. The van der Waals surface area contributed by atoms with E-state index in [4.69, 9.17) is 5.11 Å². The van der Waals surface area contributed by atoms with Crippen molar-refractivity contribution in [3.8, 4) is 0 Å². The van der Waals surface area contributed by atoms with Crippen molar-refractivity contribution in [2.24, 2.45) is 5.92 Å². The predicted octanol–water partition coefficient (Wildman–Crippen LogP) is 10.3. The zero-order chi connectivity index (χ0) is 30.7. The van der Waals surface area contributed by atoms with Crippen molar-refractivity contribution in [3.05, 3.63) is 100 Å². The lowest BCUT2D eigenvalue weighted by Crippen LogP contribution is -2.16. The van der Waals surface area contributed by atoms with Gasteiger partial charge in [0, 0.05) is 0 Å². The van der Waals surface area contributed by atoms with Gasteiger partial charge in [0.05, 0.1) is 17.3 Å². The van der Waals surface area contributed by atoms with Gasteiger partial charge in [0.1, 0.15) is 0 Å². The summed E-state index contributed by atoms with van der Waals surface area (Å²) >= 11 is 0. The van der Waals surface area contributed by atoms with E-state index in [0.717, 1.165) is 57.8 Å². The highest BCUT2D eigenvalue weighted by molar-refractivity contribution is 7.91. The summed E-state index contributed by atoms with van der Waals surface area (Å²) in [5, 5.41) is 9.00. The first-order valence-electron chi connectivity index (χ1n) is 15.2. The maximum absolute atomic E-state index is 13.3. The third-order valence-electron chi connectivity index (χ3n) is 7.27. The van der Waals surface area contributed by atoms with Gasteiger partial charge >= 0.3 is 0 Å². The molecule has 0 aliphatic heterocycles. The SMILES string of the molecule is CC(C)=CCC/C(C)=C/CC/C(C)=C/[C@H](C/C(C)=C/CC/C(C)=C/CC/C(C)=C/CO)CS(=O)(=O)c1ccccc1. The summed E-state index contributed by atoms with van der Waals surface area (Å²) in [4.78, 5) is 0.400. The molecule has 0 saturated heterocycles. The summed E-state index contributed by atoms with van der Waals surface area (Å²) in [6, 6.07) is 8.84. The molecule has 41 heavy (non-hydrogen) atoms. The van der Waals surface area contributed by atoms with Crippen molar-refractivity contribution in [2.75, 3.05) is 12.4 Å². The van der Waals surface area contributed by atoms with Crippen LogP contribution in [0.1, 0.15) is 106 Å². The summed E-state index contributed by atoms with van der Waals surface area (Å²) in [6.45, 7) is 15.1. The first kappa shape index (κ1) is 36.6. The lowest BCUT2D eigenvalue weighted by molar-refractivity contribution is 0.341. The Kier molecular flexibility index (Phi) is 18.3. The van der Waals surface area contributed by atoms with Crippen molar-refractivity contribution < 1.29 is 13.5 Å². The fourth-order valence-corrected chi connectivity index (χ4v) is 6.39. The smallest absolute Gasteiger partial charge is 0.178 e. The van der Waals surface area contributed by atoms with E-state index in [9.17, 15) is 8.42 Å². The van der Waals surface area contributed by atoms with Gasteiger partial charge in [0.25, 0.3) is 0 Å². The van der Waals surface area contributed by atoms with Crippen molar-refractivity contribution in [1.29, 1.82) is 0 Å². The maximum atomic E-state index is 13.3. The van der Waals surface area contributed by atoms with Crippen LogP contribution in [0.25, 0.3) is 0 Å². The number of allylic oxidation sites excluding steroid dienone is 11. The zero-order valence-electron chi connectivity index (χ0n) is 26.9. The van der Waals surface area contributed by atoms with Crippen LogP contribution in [-0.4, -0.2) is 25.9 Å². The molecule has 0 spiro atoms. The van der Waals surface area contributed by atoms with Crippen LogP contribution < -0.4 is 0 Å². The van der Waals surface area contributed by atoms with Gasteiger partial charge in [-0.3, -0.25) is 0 Å². The van der Waals surface area contributed by atoms with E-state index in [0.29, 0.717) is 4.90 Å². The summed E-state index contributed by atoms with van der Waals surface area (Å²) in [6.07, 6.45) is 22.0. The lowest BCUT2D eigenvalue weighted by atomic mass is 9.96. The molecular weight excluding hydrogens is 524 g/mol. The summed E-state index contributed by atoms with van der Waals surface area (Å²) in [7, 11) is -3.38. The van der Waals surface area contributed by atoms with Gasteiger partial charge in [-0.15, -0.1) is 0 Å². The largest absolute Gasteiger partial charge is 0.392 e. The summed E-state index contributed by atoms with van der Waals surface area (Å²) < 4.78 is 26.5. The Balaban J connectivity index is 2.88. The second-order valence-corrected chi connectivity index (χ2v) is 13.9. The molecule has 0 aliphatic rings. The second kappa shape index (κ2) is 20.4. The molecule has 1 rings (SSSR count). The first-order chi connectivity index (χ1) is 19.4. The molecular formula is C37H56O3S. The second-order valence-electron chi connectivity index (χ2n) is 11.9. The molecule has 0 bridgehead atoms. The molecule has 0 aromatic heterocycles. The minimum absolute atomic E-state index is 0.0582. The Hall–Kier alpha value is -2.43. The predicted molar refractivity (Wildman–Crippen MR) is 179 cm³/mol. The van der Waals surface area contributed by atoms with Crippen LogP contribution in [-0.2, 0) is 9.84 Å². The number of hydrogen-bond donors (Lipinski definition) is 1. The van der Waals surface area contributed by atoms with Crippen molar-refractivity contribution in [1.82, 2.24) is 0 Å². The Morgan fingerprint density at radius 3 is 1.63 bits per heavy atom. The standard InChI is InChI=1S/C37H56O3S/c1-30(2)15-11-16-31(3)18-13-21-34(6)27-36(29-41(39,40)37-23-9-8-10-24-37)28-35(7)22-14-19-32(4)17-12-20-33(5)25-26-38/h8-10,15,17-18,22-25,27,36,38H,11-14,16,19-21,26,28-29H2,1-7H3/b31-18+,32-17+,33-25+,34-27+,35-22+/t36-/m1/s1. The lowest BCUT2D eigenvalue weighted by Gasteiger charge is -2.16. The van der Waals surface area contributed by atoms with Crippen LogP contribution in [0.4, 0.5) is 0 Å². The van der Waals surface area contributed by atoms with E-state index in [1.54, 1.807) is 24.3 Å². The minimum atomic E-state index is -3.38. The average Bonchev–Trinajstić information content (AvgIpc) is 2.89. The van der Waals surface area contributed by atoms with Crippen LogP contribution in [0.5, 0.6) is 0 Å². The number of aliphatic hydroxyl groups is 1. The molecule has 0 radical (unpaired) electrons. The van der Waals surface area contributed by atoms with Gasteiger partial charge in [-0.05, 0) is 124 Å². The molecule has 0 saturated carbocycles. The minimum Gasteiger partial charge on any atom is -0.392 e. The van der Waals surface area contributed by atoms with E-state index in [2.05, 4.69) is 78.8 Å². The Labute approximate surface area is 252 Å². The Morgan fingerprint density at radius 1 is 0.659 bits per heavy atom. The fraction of sp³-hybridized carbons (Fsp3) is 0.514. The Bertz CT molecular complexity index is 1190. The van der Waals surface area contributed by atoms with E-state index in [-0.39, 0.29) is 18.3 Å². The highest BCUT2D eigenvalue weighted by Crippen LogP contribution is 2.24. The third kappa shape index (κ3) is 17.9. The molecule has 0 heterocycles. The van der Waals surface area contributed by atoms with Crippen molar-refractivity contribution >= 4 is 9.84 Å². The molecule has 1 aromatic rings. The molecule has 0 aliphatic carbocycles. The molecule has 1 atom stereocenters. The van der Waals surface area contributed by atoms with Crippen LogP contribution in [0.3, 0.4) is 0 Å². The molecule has 228 valence electrons. The number of rotatable bonds is 19. The maximum Gasteiger partial charge on any atom is 0.178 e. The topological polar surface area (TPSA) is 54.4 Å². The highest BCUT2D eigenvalue weighted by Gasteiger charge is 2.20. The van der Waals surface area contributed by atoms with Crippen LogP contribution in [0.15, 0.2) is 105 Å². The third-order valence-corrected chi connectivity index (χ3v) is 9.12. The van der Waals surface area contributed by atoms with Crippen molar-refractivity contribution in [3.63, 3.8) is 0 Å². The molecule has 1 N–H and O–H groups in total. The van der Waals surface area contributed by atoms with E-state index < -0.39 is 9.84 Å². The molecule has 1 aromatic carbocycles.